The van der Waals surface area contributed by atoms with E-state index in [1.54, 1.807) is 24.3 Å². The lowest BCUT2D eigenvalue weighted by Gasteiger charge is -2.18. The van der Waals surface area contributed by atoms with Crippen LogP contribution >= 0.6 is 0 Å². The van der Waals surface area contributed by atoms with E-state index >= 15 is 0 Å². The Morgan fingerprint density at radius 1 is 1.24 bits per heavy atom. The van der Waals surface area contributed by atoms with Crippen molar-refractivity contribution in [2.75, 3.05) is 6.61 Å². The van der Waals surface area contributed by atoms with Crippen LogP contribution in [0.4, 0.5) is 0 Å². The number of ketones is 1. The third-order valence-electron chi connectivity index (χ3n) is 2.84. The van der Waals surface area contributed by atoms with Crippen LogP contribution in [0.15, 0.2) is 24.3 Å². The number of Topliss-reactive ketones (excluding diaryl/α,β-unsaturated/α-hetero) is 1. The standard InChI is InChI=1S/C16H23NO4/c1-4-9-21-13-7-5-12(6-8-13)16(20)14(10-15(18)19)17-11(2)3/h5-8,11,14,17H,4,9-10H2,1-3H3,(H,18,19). The highest BCUT2D eigenvalue weighted by molar-refractivity contribution is 6.01. The Morgan fingerprint density at radius 3 is 2.33 bits per heavy atom. The Labute approximate surface area is 125 Å². The minimum atomic E-state index is -0.996. The molecule has 0 aromatic heterocycles. The molecule has 0 amide bonds. The summed E-state index contributed by atoms with van der Waals surface area (Å²) >= 11 is 0. The maximum atomic E-state index is 12.4. The van der Waals surface area contributed by atoms with Crippen LogP contribution < -0.4 is 10.1 Å². The van der Waals surface area contributed by atoms with Crippen LogP contribution in [0.3, 0.4) is 0 Å². The van der Waals surface area contributed by atoms with Crippen molar-refractivity contribution in [1.82, 2.24) is 5.32 Å². The van der Waals surface area contributed by atoms with Crippen molar-refractivity contribution in [2.45, 2.75) is 45.7 Å². The summed E-state index contributed by atoms with van der Waals surface area (Å²) in [4.78, 5) is 23.3. The third kappa shape index (κ3) is 5.95. The average Bonchev–Trinajstić information content (AvgIpc) is 2.43. The van der Waals surface area contributed by atoms with Crippen molar-refractivity contribution >= 4 is 11.8 Å². The summed E-state index contributed by atoms with van der Waals surface area (Å²) in [5, 5.41) is 11.9. The van der Waals surface area contributed by atoms with Gasteiger partial charge in [-0.25, -0.2) is 0 Å². The Bertz CT molecular complexity index is 468. The van der Waals surface area contributed by atoms with Gasteiger partial charge >= 0.3 is 5.97 Å². The predicted molar refractivity (Wildman–Crippen MR) is 80.9 cm³/mol. The maximum absolute atomic E-state index is 12.4. The van der Waals surface area contributed by atoms with Crippen LogP contribution in [0.25, 0.3) is 0 Å². The fourth-order valence-corrected chi connectivity index (χ4v) is 1.94. The Balaban J connectivity index is 2.80. The first kappa shape index (κ1) is 17.2. The first-order chi connectivity index (χ1) is 9.93. The normalized spacial score (nSPS) is 12.2. The van der Waals surface area contributed by atoms with Gasteiger partial charge in [0.1, 0.15) is 5.75 Å². The van der Waals surface area contributed by atoms with Gasteiger partial charge in [0.05, 0.1) is 19.1 Å². The molecule has 0 aliphatic heterocycles. The highest BCUT2D eigenvalue weighted by Crippen LogP contribution is 2.15. The zero-order valence-corrected chi connectivity index (χ0v) is 12.8. The number of carbonyl (C=O) groups is 2. The number of aliphatic carboxylic acids is 1. The van der Waals surface area contributed by atoms with Gasteiger partial charge in [-0.15, -0.1) is 0 Å². The van der Waals surface area contributed by atoms with Crippen LogP contribution in [-0.2, 0) is 4.79 Å². The molecule has 0 heterocycles. The smallest absolute Gasteiger partial charge is 0.305 e. The van der Waals surface area contributed by atoms with Gasteiger partial charge in [0, 0.05) is 11.6 Å². The van der Waals surface area contributed by atoms with Crippen LogP contribution in [0, 0.1) is 0 Å². The first-order valence-corrected chi connectivity index (χ1v) is 7.19. The number of ether oxygens (including phenoxy) is 1. The lowest BCUT2D eigenvalue weighted by atomic mass is 10.0. The van der Waals surface area contributed by atoms with Crippen LogP contribution in [0.1, 0.15) is 44.0 Å². The summed E-state index contributed by atoms with van der Waals surface area (Å²) in [5.41, 5.74) is 0.484. The highest BCUT2D eigenvalue weighted by Gasteiger charge is 2.23. The molecule has 5 heteroatoms. The molecule has 0 saturated heterocycles. The Hall–Kier alpha value is -1.88. The Kier molecular flexibility index (Phi) is 6.88. The van der Waals surface area contributed by atoms with E-state index in [0.717, 1.165) is 6.42 Å². The molecule has 0 aliphatic carbocycles. The van der Waals surface area contributed by atoms with Crippen LogP contribution in [-0.4, -0.2) is 35.5 Å². The second kappa shape index (κ2) is 8.42. The van der Waals surface area contributed by atoms with Crippen LogP contribution in [0.5, 0.6) is 5.75 Å². The number of nitrogens with one attached hydrogen (secondary N) is 1. The molecule has 1 rings (SSSR count). The van der Waals surface area contributed by atoms with Gasteiger partial charge in [0.15, 0.2) is 5.78 Å². The van der Waals surface area contributed by atoms with E-state index in [0.29, 0.717) is 17.9 Å². The van der Waals surface area contributed by atoms with Gasteiger partial charge in [-0.3, -0.25) is 9.59 Å². The molecule has 0 aliphatic rings. The zero-order valence-electron chi connectivity index (χ0n) is 12.8. The molecule has 1 aromatic rings. The fraction of sp³-hybridized carbons (Fsp3) is 0.500. The number of rotatable bonds is 9. The lowest BCUT2D eigenvalue weighted by molar-refractivity contribution is -0.137. The number of hydrogen-bond donors (Lipinski definition) is 2. The molecule has 116 valence electrons. The van der Waals surface area contributed by atoms with Gasteiger partial charge < -0.3 is 15.2 Å². The molecule has 0 bridgehead atoms. The first-order valence-electron chi connectivity index (χ1n) is 7.19. The average molecular weight is 293 g/mol. The molecule has 0 fully saturated rings. The van der Waals surface area contributed by atoms with Crippen molar-refractivity contribution < 1.29 is 19.4 Å². The van der Waals surface area contributed by atoms with E-state index in [1.807, 2.05) is 20.8 Å². The summed E-state index contributed by atoms with van der Waals surface area (Å²) < 4.78 is 5.46. The SMILES string of the molecule is CCCOc1ccc(C(=O)C(CC(=O)O)NC(C)C)cc1. The van der Waals surface area contributed by atoms with Gasteiger partial charge in [0.2, 0.25) is 0 Å². The third-order valence-corrected chi connectivity index (χ3v) is 2.84. The second-order valence-corrected chi connectivity index (χ2v) is 5.21. The lowest BCUT2D eigenvalue weighted by Crippen LogP contribution is -2.42. The summed E-state index contributed by atoms with van der Waals surface area (Å²) in [5.74, 6) is -0.502. The van der Waals surface area contributed by atoms with E-state index in [9.17, 15) is 9.59 Å². The molecular weight excluding hydrogens is 270 g/mol. The van der Waals surface area contributed by atoms with E-state index < -0.39 is 12.0 Å². The molecule has 1 atom stereocenters. The van der Waals surface area contributed by atoms with E-state index in [-0.39, 0.29) is 18.2 Å². The minimum Gasteiger partial charge on any atom is -0.494 e. The highest BCUT2D eigenvalue weighted by atomic mass is 16.5. The summed E-state index contributed by atoms with van der Waals surface area (Å²) in [6.07, 6.45) is 0.685. The van der Waals surface area contributed by atoms with Crippen molar-refractivity contribution in [3.8, 4) is 5.75 Å². The number of carbonyl (C=O) groups excluding carboxylic acids is 1. The second-order valence-electron chi connectivity index (χ2n) is 5.21. The van der Waals surface area contributed by atoms with Gasteiger partial charge in [-0.2, -0.15) is 0 Å². The van der Waals surface area contributed by atoms with E-state index in [1.165, 1.54) is 0 Å². The number of carboxylic acid groups (broad SMARTS) is 1. The van der Waals surface area contributed by atoms with Crippen molar-refractivity contribution in [3.05, 3.63) is 29.8 Å². The topological polar surface area (TPSA) is 75.6 Å². The largest absolute Gasteiger partial charge is 0.494 e. The zero-order chi connectivity index (χ0) is 15.8. The van der Waals surface area contributed by atoms with Crippen LogP contribution in [0.2, 0.25) is 0 Å². The molecule has 2 N–H and O–H groups in total. The van der Waals surface area contributed by atoms with Gasteiger partial charge in [-0.1, -0.05) is 20.8 Å². The Morgan fingerprint density at radius 2 is 1.86 bits per heavy atom. The summed E-state index contributed by atoms with van der Waals surface area (Å²) in [6, 6.07) is 6.12. The van der Waals surface area contributed by atoms with Crippen molar-refractivity contribution in [2.24, 2.45) is 0 Å². The molecule has 0 spiro atoms. The number of carboxylic acids is 1. The molecule has 5 nitrogen and oxygen atoms in total. The maximum Gasteiger partial charge on any atom is 0.305 e. The fourth-order valence-electron chi connectivity index (χ4n) is 1.94. The summed E-state index contributed by atoms with van der Waals surface area (Å²) in [6.45, 7) is 6.41. The van der Waals surface area contributed by atoms with Gasteiger partial charge in [0.25, 0.3) is 0 Å². The predicted octanol–water partition coefficient (Wildman–Crippen LogP) is 2.50. The molecule has 21 heavy (non-hydrogen) atoms. The van der Waals surface area contributed by atoms with Crippen molar-refractivity contribution in [1.29, 1.82) is 0 Å². The monoisotopic (exact) mass is 293 g/mol. The van der Waals surface area contributed by atoms with Gasteiger partial charge in [-0.05, 0) is 30.7 Å². The molecular formula is C16H23NO4. The number of hydrogen-bond acceptors (Lipinski definition) is 4. The van der Waals surface area contributed by atoms with E-state index in [2.05, 4.69) is 5.32 Å². The van der Waals surface area contributed by atoms with E-state index in [4.69, 9.17) is 9.84 Å². The quantitative estimate of drug-likeness (QED) is 0.684. The molecule has 0 radical (unpaired) electrons. The number of benzene rings is 1. The van der Waals surface area contributed by atoms with Crippen molar-refractivity contribution in [3.63, 3.8) is 0 Å². The summed E-state index contributed by atoms with van der Waals surface area (Å²) in [7, 11) is 0. The minimum absolute atomic E-state index is 0.0328. The molecule has 0 saturated carbocycles. The molecule has 1 unspecified atom stereocenters. The molecule has 1 aromatic carbocycles.